The average molecular weight is 346 g/mol. The number of hydrogen-bond donors (Lipinski definition) is 1. The Hall–Kier alpha value is -2.44. The lowest BCUT2D eigenvalue weighted by molar-refractivity contribution is -0.122. The zero-order valence-electron chi connectivity index (χ0n) is 12.1. The molecule has 3 rings (SSSR count). The number of anilines is 1. The van der Waals surface area contributed by atoms with Crippen molar-refractivity contribution in [1.29, 1.82) is 0 Å². The molecule has 0 bridgehead atoms. The standard InChI is InChI=1S/C16H12ClN3O2S/c1-19-8-2-3-12(19)9-13-14(21)18-16(23)20(15(13)22)11-6-4-10(17)5-7-11/h2-9H,1H3,(H,18,21,23)/b13-9+. The van der Waals surface area contributed by atoms with Crippen LogP contribution in [0.5, 0.6) is 0 Å². The smallest absolute Gasteiger partial charge is 0.270 e. The van der Waals surface area contributed by atoms with Gasteiger partial charge in [0.25, 0.3) is 11.8 Å². The van der Waals surface area contributed by atoms with Crippen LogP contribution >= 0.6 is 23.8 Å². The van der Waals surface area contributed by atoms with Crippen LogP contribution in [0.25, 0.3) is 6.08 Å². The number of thiocarbonyl (C=S) groups is 1. The van der Waals surface area contributed by atoms with Crippen LogP contribution in [0.1, 0.15) is 5.69 Å². The Morgan fingerprint density at radius 1 is 1.17 bits per heavy atom. The molecule has 1 saturated heterocycles. The second kappa shape index (κ2) is 5.98. The predicted molar refractivity (Wildman–Crippen MR) is 93.1 cm³/mol. The summed E-state index contributed by atoms with van der Waals surface area (Å²) in [6.07, 6.45) is 3.38. The molecule has 0 saturated carbocycles. The van der Waals surface area contributed by atoms with Crippen molar-refractivity contribution in [3.63, 3.8) is 0 Å². The fraction of sp³-hybridized carbons (Fsp3) is 0.0625. The fourth-order valence-corrected chi connectivity index (χ4v) is 2.66. The van der Waals surface area contributed by atoms with Crippen LogP contribution in [-0.4, -0.2) is 21.5 Å². The second-order valence-corrected chi connectivity index (χ2v) is 5.80. The molecule has 1 aromatic carbocycles. The number of amides is 2. The third kappa shape index (κ3) is 2.91. The van der Waals surface area contributed by atoms with Gasteiger partial charge in [0.2, 0.25) is 0 Å². The van der Waals surface area contributed by atoms with Crippen molar-refractivity contribution < 1.29 is 9.59 Å². The highest BCUT2D eigenvalue weighted by Crippen LogP contribution is 2.23. The quantitative estimate of drug-likeness (QED) is 0.517. The number of hydrogen-bond acceptors (Lipinski definition) is 3. The lowest BCUT2D eigenvalue weighted by atomic mass is 10.1. The number of rotatable bonds is 2. The molecule has 5 nitrogen and oxygen atoms in total. The summed E-state index contributed by atoms with van der Waals surface area (Å²) in [5.41, 5.74) is 1.31. The summed E-state index contributed by atoms with van der Waals surface area (Å²) in [7, 11) is 1.83. The van der Waals surface area contributed by atoms with Crippen LogP contribution < -0.4 is 10.2 Å². The topological polar surface area (TPSA) is 54.3 Å². The van der Waals surface area contributed by atoms with E-state index in [2.05, 4.69) is 5.32 Å². The molecule has 1 fully saturated rings. The maximum absolute atomic E-state index is 12.7. The second-order valence-electron chi connectivity index (χ2n) is 4.98. The van der Waals surface area contributed by atoms with Crippen molar-refractivity contribution >= 4 is 52.5 Å². The number of benzene rings is 1. The summed E-state index contributed by atoms with van der Waals surface area (Å²) in [4.78, 5) is 26.2. The Kier molecular flexibility index (Phi) is 4.02. The highest BCUT2D eigenvalue weighted by atomic mass is 35.5. The first-order valence-corrected chi connectivity index (χ1v) is 7.54. The van der Waals surface area contributed by atoms with Gasteiger partial charge in [-0.2, -0.15) is 0 Å². The van der Waals surface area contributed by atoms with Gasteiger partial charge >= 0.3 is 0 Å². The van der Waals surface area contributed by atoms with Crippen LogP contribution in [0.2, 0.25) is 5.02 Å². The average Bonchev–Trinajstić information content (AvgIpc) is 2.90. The number of aryl methyl sites for hydroxylation is 1. The van der Waals surface area contributed by atoms with Crippen molar-refractivity contribution in [3.05, 3.63) is 58.9 Å². The summed E-state index contributed by atoms with van der Waals surface area (Å²) < 4.78 is 1.81. The SMILES string of the molecule is Cn1cccc1/C=C1\C(=O)NC(=S)N(c2ccc(Cl)cc2)C1=O. The predicted octanol–water partition coefficient (Wildman–Crippen LogP) is 2.51. The van der Waals surface area contributed by atoms with Gasteiger partial charge in [0, 0.05) is 24.0 Å². The van der Waals surface area contributed by atoms with E-state index in [-0.39, 0.29) is 10.7 Å². The first-order chi connectivity index (χ1) is 11.0. The van der Waals surface area contributed by atoms with Crippen molar-refractivity contribution in [1.82, 2.24) is 9.88 Å². The minimum absolute atomic E-state index is 0.0235. The fourth-order valence-electron chi connectivity index (χ4n) is 2.25. The largest absolute Gasteiger partial charge is 0.351 e. The lowest BCUT2D eigenvalue weighted by Crippen LogP contribution is -2.54. The Bertz CT molecular complexity index is 839. The number of nitrogens with one attached hydrogen (secondary N) is 1. The van der Waals surface area contributed by atoms with Crippen molar-refractivity contribution in [2.75, 3.05) is 4.90 Å². The molecule has 2 aromatic rings. The molecule has 2 amide bonds. The Balaban J connectivity index is 2.02. The van der Waals surface area contributed by atoms with Crippen LogP contribution in [0.3, 0.4) is 0 Å². The molecular weight excluding hydrogens is 334 g/mol. The minimum Gasteiger partial charge on any atom is -0.351 e. The molecular formula is C16H12ClN3O2S. The summed E-state index contributed by atoms with van der Waals surface area (Å²) in [5, 5.41) is 3.14. The van der Waals surface area contributed by atoms with Crippen molar-refractivity contribution in [2.24, 2.45) is 7.05 Å². The molecule has 1 N–H and O–H groups in total. The monoisotopic (exact) mass is 345 g/mol. The number of carbonyl (C=O) groups is 2. The summed E-state index contributed by atoms with van der Waals surface area (Å²) in [6, 6.07) is 10.3. The Morgan fingerprint density at radius 2 is 1.87 bits per heavy atom. The van der Waals surface area contributed by atoms with E-state index in [9.17, 15) is 9.59 Å². The maximum atomic E-state index is 12.7. The van der Waals surface area contributed by atoms with Crippen molar-refractivity contribution in [3.8, 4) is 0 Å². The van der Waals surface area contributed by atoms with E-state index in [0.29, 0.717) is 10.7 Å². The van der Waals surface area contributed by atoms with Gasteiger partial charge in [-0.25, -0.2) is 0 Å². The minimum atomic E-state index is -0.508. The Labute approximate surface area is 143 Å². The molecule has 0 spiro atoms. The van der Waals surface area contributed by atoms with E-state index < -0.39 is 11.8 Å². The molecule has 1 aliphatic heterocycles. The molecule has 0 aliphatic carbocycles. The number of aromatic nitrogens is 1. The molecule has 7 heteroatoms. The highest BCUT2D eigenvalue weighted by Gasteiger charge is 2.34. The molecule has 0 radical (unpaired) electrons. The maximum Gasteiger partial charge on any atom is 0.270 e. The third-order valence-electron chi connectivity index (χ3n) is 3.46. The van der Waals surface area contributed by atoms with Crippen LogP contribution in [-0.2, 0) is 16.6 Å². The number of halogens is 1. The van der Waals surface area contributed by atoms with Gasteiger partial charge in [-0.05, 0) is 54.7 Å². The molecule has 1 aliphatic rings. The van der Waals surface area contributed by atoms with Gasteiger partial charge in [-0.15, -0.1) is 0 Å². The Morgan fingerprint density at radius 3 is 2.48 bits per heavy atom. The van der Waals surface area contributed by atoms with Gasteiger partial charge in [0.15, 0.2) is 5.11 Å². The first-order valence-electron chi connectivity index (χ1n) is 6.76. The summed E-state index contributed by atoms with van der Waals surface area (Å²) >= 11 is 11.0. The van der Waals surface area contributed by atoms with Gasteiger partial charge in [-0.3, -0.25) is 19.8 Å². The summed E-state index contributed by atoms with van der Waals surface area (Å²) in [5.74, 6) is -0.978. The van der Waals surface area contributed by atoms with Gasteiger partial charge in [0.1, 0.15) is 5.57 Å². The van der Waals surface area contributed by atoms with E-state index in [1.165, 1.54) is 4.90 Å². The molecule has 23 heavy (non-hydrogen) atoms. The zero-order valence-corrected chi connectivity index (χ0v) is 13.7. The van der Waals surface area contributed by atoms with Crippen molar-refractivity contribution in [2.45, 2.75) is 0 Å². The number of nitrogens with zero attached hydrogens (tertiary/aromatic N) is 2. The van der Waals surface area contributed by atoms with E-state index in [4.69, 9.17) is 23.8 Å². The van der Waals surface area contributed by atoms with Gasteiger partial charge < -0.3 is 4.57 Å². The molecule has 1 aromatic heterocycles. The van der Waals surface area contributed by atoms with E-state index in [1.807, 2.05) is 29.9 Å². The van der Waals surface area contributed by atoms with Crippen LogP contribution in [0, 0.1) is 0 Å². The van der Waals surface area contributed by atoms with Gasteiger partial charge in [-0.1, -0.05) is 11.6 Å². The van der Waals surface area contributed by atoms with Crippen LogP contribution in [0.15, 0.2) is 48.2 Å². The molecule has 0 atom stereocenters. The third-order valence-corrected chi connectivity index (χ3v) is 4.00. The van der Waals surface area contributed by atoms with Crippen LogP contribution in [0.4, 0.5) is 5.69 Å². The van der Waals surface area contributed by atoms with E-state index >= 15 is 0 Å². The zero-order chi connectivity index (χ0) is 16.6. The first kappa shape index (κ1) is 15.5. The van der Waals surface area contributed by atoms with E-state index in [0.717, 1.165) is 5.69 Å². The summed E-state index contributed by atoms with van der Waals surface area (Å²) in [6.45, 7) is 0. The normalized spacial score (nSPS) is 16.9. The highest BCUT2D eigenvalue weighted by molar-refractivity contribution is 7.80. The van der Waals surface area contributed by atoms with Gasteiger partial charge in [0.05, 0.1) is 5.69 Å². The van der Waals surface area contributed by atoms with E-state index in [1.54, 1.807) is 30.3 Å². The molecule has 2 heterocycles. The number of carbonyl (C=O) groups excluding carboxylic acids is 2. The molecule has 116 valence electrons. The molecule has 0 unspecified atom stereocenters. The lowest BCUT2D eigenvalue weighted by Gasteiger charge is -2.28.